The maximum Gasteiger partial charge on any atom is 0.122 e. The molecule has 0 aliphatic carbocycles. The topological polar surface area (TPSA) is 42.4 Å². The first-order valence-corrected chi connectivity index (χ1v) is 13.0. The van der Waals surface area contributed by atoms with Crippen LogP contribution in [-0.4, -0.2) is 22.8 Å². The summed E-state index contributed by atoms with van der Waals surface area (Å²) in [7, 11) is 0. The van der Waals surface area contributed by atoms with Gasteiger partial charge in [0.1, 0.15) is 12.4 Å². The summed E-state index contributed by atoms with van der Waals surface area (Å²) in [5, 5.41) is 10.4. The van der Waals surface area contributed by atoms with Crippen LogP contribution in [0.5, 0.6) is 5.75 Å². The highest BCUT2D eigenvalue weighted by Crippen LogP contribution is 2.41. The smallest absolute Gasteiger partial charge is 0.122 e. The molecule has 1 N–H and O–H groups in total. The molecule has 0 fully saturated rings. The van der Waals surface area contributed by atoms with Crippen molar-refractivity contribution in [2.75, 3.05) is 6.61 Å². The zero-order valence-electron chi connectivity index (χ0n) is 22.9. The van der Waals surface area contributed by atoms with Crippen molar-refractivity contribution in [1.82, 2.24) is 4.98 Å². The maximum absolute atomic E-state index is 10.4. The van der Waals surface area contributed by atoms with Crippen molar-refractivity contribution < 1.29 is 9.84 Å². The molecule has 0 aliphatic rings. The minimum absolute atomic E-state index is 0.0684. The highest BCUT2D eigenvalue weighted by atomic mass is 16.5. The average Bonchev–Trinajstić information content (AvgIpc) is 2.84. The van der Waals surface area contributed by atoms with Gasteiger partial charge in [-0.1, -0.05) is 71.9 Å². The molecule has 0 bridgehead atoms. The molecule has 0 saturated carbocycles. The second-order valence-electron chi connectivity index (χ2n) is 10.9. The molecule has 1 atom stereocenters. The van der Waals surface area contributed by atoms with E-state index in [9.17, 15) is 5.11 Å². The SMILES string of the molecule is CCc1cncc(-c2ccc(C(CC)(CC)c3ccc(OCC(O)C(C)(C)C)c(C)c3)cc2C)c1. The number of aliphatic hydroxyl groups excluding tert-OH is 1. The quantitative estimate of drug-likeness (QED) is 0.344. The van der Waals surface area contributed by atoms with Crippen molar-refractivity contribution >= 4 is 0 Å². The lowest BCUT2D eigenvalue weighted by Crippen LogP contribution is -2.32. The van der Waals surface area contributed by atoms with E-state index >= 15 is 0 Å². The van der Waals surface area contributed by atoms with Gasteiger partial charge in [0.2, 0.25) is 0 Å². The van der Waals surface area contributed by atoms with Crippen LogP contribution in [0.3, 0.4) is 0 Å². The van der Waals surface area contributed by atoms with Crippen molar-refractivity contribution in [2.24, 2.45) is 5.41 Å². The Morgan fingerprint density at radius 1 is 0.857 bits per heavy atom. The van der Waals surface area contributed by atoms with E-state index < -0.39 is 6.10 Å². The van der Waals surface area contributed by atoms with Gasteiger partial charge in [-0.2, -0.15) is 0 Å². The molecular weight excluding hydrogens is 430 g/mol. The number of rotatable bonds is 9. The number of hydrogen-bond acceptors (Lipinski definition) is 3. The Kier molecular flexibility index (Phi) is 8.43. The number of benzene rings is 2. The zero-order valence-corrected chi connectivity index (χ0v) is 22.9. The first-order valence-electron chi connectivity index (χ1n) is 13.0. The molecule has 0 spiro atoms. The Balaban J connectivity index is 1.94. The van der Waals surface area contributed by atoms with E-state index in [-0.39, 0.29) is 10.8 Å². The van der Waals surface area contributed by atoms with Gasteiger partial charge in [-0.05, 0) is 84.0 Å². The van der Waals surface area contributed by atoms with E-state index in [1.54, 1.807) is 0 Å². The zero-order chi connectivity index (χ0) is 25.8. The molecule has 1 unspecified atom stereocenters. The third kappa shape index (κ3) is 5.78. The number of aromatic nitrogens is 1. The Hall–Kier alpha value is -2.65. The molecule has 1 aromatic heterocycles. The lowest BCUT2D eigenvalue weighted by Gasteiger charge is -2.34. The summed E-state index contributed by atoms with van der Waals surface area (Å²) < 4.78 is 6.01. The Labute approximate surface area is 212 Å². The van der Waals surface area contributed by atoms with Gasteiger partial charge in [0.05, 0.1) is 6.10 Å². The number of aliphatic hydroxyl groups is 1. The van der Waals surface area contributed by atoms with Crippen LogP contribution in [0, 0.1) is 19.3 Å². The Bertz CT molecular complexity index is 1140. The van der Waals surface area contributed by atoms with Crippen LogP contribution in [0.4, 0.5) is 0 Å². The van der Waals surface area contributed by atoms with Gasteiger partial charge in [-0.15, -0.1) is 0 Å². The lowest BCUT2D eigenvalue weighted by atomic mass is 9.69. The van der Waals surface area contributed by atoms with Crippen molar-refractivity contribution in [1.29, 1.82) is 0 Å². The predicted octanol–water partition coefficient (Wildman–Crippen LogP) is 7.82. The number of aryl methyl sites for hydroxylation is 3. The summed E-state index contributed by atoms with van der Waals surface area (Å²) in [4.78, 5) is 4.45. The Morgan fingerprint density at radius 2 is 1.49 bits per heavy atom. The fourth-order valence-corrected chi connectivity index (χ4v) is 4.87. The van der Waals surface area contributed by atoms with Crippen LogP contribution in [0.2, 0.25) is 0 Å². The summed E-state index contributed by atoms with van der Waals surface area (Å²) in [5.41, 5.74) is 8.45. The third-order valence-electron chi connectivity index (χ3n) is 7.62. The highest BCUT2D eigenvalue weighted by molar-refractivity contribution is 5.68. The molecule has 0 saturated heterocycles. The van der Waals surface area contributed by atoms with Crippen molar-refractivity contribution in [2.45, 2.75) is 86.2 Å². The summed E-state index contributed by atoms with van der Waals surface area (Å²) in [6.45, 7) is 17.4. The minimum atomic E-state index is -0.512. The van der Waals surface area contributed by atoms with Crippen LogP contribution in [-0.2, 0) is 11.8 Å². The summed E-state index contributed by atoms with van der Waals surface area (Å²) in [5.74, 6) is 0.841. The number of hydrogen-bond donors (Lipinski definition) is 1. The maximum atomic E-state index is 10.4. The molecule has 35 heavy (non-hydrogen) atoms. The molecule has 3 aromatic rings. The molecule has 0 radical (unpaired) electrons. The highest BCUT2D eigenvalue weighted by Gasteiger charge is 2.32. The molecule has 2 aromatic carbocycles. The van der Waals surface area contributed by atoms with E-state index in [0.29, 0.717) is 6.61 Å². The molecule has 1 heterocycles. The second-order valence-corrected chi connectivity index (χ2v) is 10.9. The molecule has 0 amide bonds. The second kappa shape index (κ2) is 11.0. The minimum Gasteiger partial charge on any atom is -0.491 e. The molecule has 3 heteroatoms. The van der Waals surface area contributed by atoms with Gasteiger partial charge in [0.25, 0.3) is 0 Å². The van der Waals surface area contributed by atoms with Crippen LogP contribution in [0.1, 0.15) is 82.2 Å². The van der Waals surface area contributed by atoms with Gasteiger partial charge in [-0.3, -0.25) is 4.98 Å². The first kappa shape index (κ1) is 26.9. The van der Waals surface area contributed by atoms with Crippen molar-refractivity contribution in [3.8, 4) is 16.9 Å². The largest absolute Gasteiger partial charge is 0.491 e. The van der Waals surface area contributed by atoms with Crippen molar-refractivity contribution in [3.05, 3.63) is 82.7 Å². The normalized spacial score (nSPS) is 13.1. The monoisotopic (exact) mass is 473 g/mol. The van der Waals surface area contributed by atoms with E-state index in [1.807, 2.05) is 33.2 Å². The van der Waals surface area contributed by atoms with E-state index in [2.05, 4.69) is 82.1 Å². The molecule has 3 nitrogen and oxygen atoms in total. The van der Waals surface area contributed by atoms with E-state index in [4.69, 9.17) is 4.74 Å². The van der Waals surface area contributed by atoms with Crippen LogP contribution in [0.25, 0.3) is 11.1 Å². The van der Waals surface area contributed by atoms with Gasteiger partial charge in [-0.25, -0.2) is 0 Å². The number of ether oxygens (including phenoxy) is 1. The van der Waals surface area contributed by atoms with Crippen LogP contribution < -0.4 is 4.74 Å². The molecular formula is C32H43NO2. The summed E-state index contributed by atoms with van der Waals surface area (Å²) >= 11 is 0. The summed E-state index contributed by atoms with van der Waals surface area (Å²) in [6, 6.07) is 15.7. The fourth-order valence-electron chi connectivity index (χ4n) is 4.87. The van der Waals surface area contributed by atoms with E-state index in [1.165, 1.54) is 33.4 Å². The van der Waals surface area contributed by atoms with Crippen molar-refractivity contribution in [3.63, 3.8) is 0 Å². The molecule has 3 rings (SSSR count). The third-order valence-corrected chi connectivity index (χ3v) is 7.62. The lowest BCUT2D eigenvalue weighted by molar-refractivity contribution is 0.0216. The predicted molar refractivity (Wildman–Crippen MR) is 147 cm³/mol. The van der Waals surface area contributed by atoms with Crippen LogP contribution >= 0.6 is 0 Å². The first-order chi connectivity index (χ1) is 16.6. The van der Waals surface area contributed by atoms with Gasteiger partial charge < -0.3 is 9.84 Å². The van der Waals surface area contributed by atoms with Gasteiger partial charge in [0.15, 0.2) is 0 Å². The molecule has 0 aliphatic heterocycles. The van der Waals surface area contributed by atoms with Gasteiger partial charge in [0, 0.05) is 23.4 Å². The Morgan fingerprint density at radius 3 is 2.03 bits per heavy atom. The van der Waals surface area contributed by atoms with Gasteiger partial charge >= 0.3 is 0 Å². The number of nitrogens with zero attached hydrogens (tertiary/aromatic N) is 1. The summed E-state index contributed by atoms with van der Waals surface area (Å²) in [6.07, 6.45) is 6.41. The fraction of sp³-hybridized carbons (Fsp3) is 0.469. The standard InChI is InChI=1S/C32H43NO2/c1-9-24-18-25(20-33-19-24)28-14-12-26(16-22(28)4)32(10-2,11-3)27-13-15-29(23(5)17-27)35-21-30(34)31(6,7)8/h12-20,30,34H,9-11,21H2,1-8H3. The molecule has 188 valence electrons. The average molecular weight is 474 g/mol. The number of pyridine rings is 1. The van der Waals surface area contributed by atoms with Crippen LogP contribution in [0.15, 0.2) is 54.9 Å². The van der Waals surface area contributed by atoms with E-state index in [0.717, 1.165) is 30.6 Å².